The van der Waals surface area contributed by atoms with Gasteiger partial charge in [0.2, 0.25) is 0 Å². The van der Waals surface area contributed by atoms with Gasteiger partial charge in [-0.1, -0.05) is 13.8 Å². The Bertz CT molecular complexity index is 548. The maximum atomic E-state index is 4.51. The van der Waals surface area contributed by atoms with Crippen LogP contribution < -0.4 is 10.6 Å². The summed E-state index contributed by atoms with van der Waals surface area (Å²) in [6.07, 6.45) is 3.63. The summed E-state index contributed by atoms with van der Waals surface area (Å²) in [4.78, 5) is 6.97. The first-order chi connectivity index (χ1) is 12.0. The molecule has 0 amide bonds. The van der Waals surface area contributed by atoms with Crippen molar-refractivity contribution in [1.82, 2.24) is 25.3 Å². The van der Waals surface area contributed by atoms with Crippen LogP contribution >= 0.6 is 0 Å². The summed E-state index contributed by atoms with van der Waals surface area (Å²) in [6.45, 7) is 14.0. The molecule has 1 aliphatic heterocycles. The molecular weight excluding hydrogens is 312 g/mol. The molecular formula is C19H36N6. The number of likely N-dealkylation sites (tertiary alicyclic amines) is 1. The van der Waals surface area contributed by atoms with Crippen molar-refractivity contribution >= 4 is 5.96 Å². The molecule has 0 aliphatic carbocycles. The molecule has 0 saturated carbocycles. The number of hydrogen-bond donors (Lipinski definition) is 2. The highest BCUT2D eigenvalue weighted by Crippen LogP contribution is 2.17. The van der Waals surface area contributed by atoms with Gasteiger partial charge >= 0.3 is 0 Å². The Hall–Kier alpha value is -1.56. The fourth-order valence-corrected chi connectivity index (χ4v) is 3.61. The van der Waals surface area contributed by atoms with E-state index >= 15 is 0 Å². The number of aliphatic imine (C=N–C) groups is 1. The molecule has 0 unspecified atom stereocenters. The van der Waals surface area contributed by atoms with Gasteiger partial charge in [0.1, 0.15) is 0 Å². The number of guanidine groups is 1. The lowest BCUT2D eigenvalue weighted by Crippen LogP contribution is -2.45. The smallest absolute Gasteiger partial charge is 0.191 e. The van der Waals surface area contributed by atoms with Crippen LogP contribution in [0.4, 0.5) is 0 Å². The Kier molecular flexibility index (Phi) is 7.75. The molecule has 2 heterocycles. The predicted octanol–water partition coefficient (Wildman–Crippen LogP) is 2.18. The molecule has 2 rings (SSSR count). The maximum Gasteiger partial charge on any atom is 0.191 e. The molecule has 0 aromatic carbocycles. The van der Waals surface area contributed by atoms with Gasteiger partial charge in [-0.05, 0) is 51.6 Å². The molecule has 2 N–H and O–H groups in total. The molecule has 1 saturated heterocycles. The van der Waals surface area contributed by atoms with Gasteiger partial charge in [-0.25, -0.2) is 0 Å². The van der Waals surface area contributed by atoms with Crippen LogP contribution in [0, 0.1) is 19.8 Å². The lowest BCUT2D eigenvalue weighted by molar-refractivity contribution is 0.226. The highest BCUT2D eigenvalue weighted by molar-refractivity contribution is 5.79. The average Bonchev–Trinajstić information content (AvgIpc) is 3.12. The van der Waals surface area contributed by atoms with Crippen LogP contribution in [0.5, 0.6) is 0 Å². The molecule has 0 bridgehead atoms. The van der Waals surface area contributed by atoms with Crippen molar-refractivity contribution in [3.8, 4) is 0 Å². The molecule has 25 heavy (non-hydrogen) atoms. The van der Waals surface area contributed by atoms with Crippen molar-refractivity contribution < 1.29 is 0 Å². The van der Waals surface area contributed by atoms with Crippen molar-refractivity contribution in [2.75, 3.05) is 33.2 Å². The number of aromatic nitrogens is 2. The third-order valence-electron chi connectivity index (χ3n) is 4.77. The van der Waals surface area contributed by atoms with E-state index in [0.717, 1.165) is 43.6 Å². The van der Waals surface area contributed by atoms with Crippen LogP contribution in [0.25, 0.3) is 0 Å². The van der Waals surface area contributed by atoms with E-state index in [0.29, 0.717) is 6.04 Å². The summed E-state index contributed by atoms with van der Waals surface area (Å²) in [7, 11) is 1.84. The molecule has 1 atom stereocenters. The van der Waals surface area contributed by atoms with E-state index < -0.39 is 0 Å². The average molecular weight is 349 g/mol. The van der Waals surface area contributed by atoms with Crippen molar-refractivity contribution in [1.29, 1.82) is 0 Å². The van der Waals surface area contributed by atoms with Crippen molar-refractivity contribution in [2.45, 2.75) is 59.5 Å². The zero-order valence-electron chi connectivity index (χ0n) is 16.7. The molecule has 1 aromatic heterocycles. The van der Waals surface area contributed by atoms with E-state index in [1.54, 1.807) is 0 Å². The van der Waals surface area contributed by atoms with Crippen LogP contribution in [0.3, 0.4) is 0 Å². The van der Waals surface area contributed by atoms with E-state index in [-0.39, 0.29) is 0 Å². The van der Waals surface area contributed by atoms with Crippen molar-refractivity contribution in [3.05, 3.63) is 17.5 Å². The minimum absolute atomic E-state index is 0.635. The second-order valence-electron chi connectivity index (χ2n) is 7.57. The molecule has 1 aliphatic rings. The number of rotatable bonds is 8. The van der Waals surface area contributed by atoms with E-state index in [4.69, 9.17) is 0 Å². The lowest BCUT2D eigenvalue weighted by atomic mass is 10.1. The van der Waals surface area contributed by atoms with E-state index in [2.05, 4.69) is 57.1 Å². The molecule has 6 nitrogen and oxygen atoms in total. The first-order valence-corrected chi connectivity index (χ1v) is 9.69. The van der Waals surface area contributed by atoms with Gasteiger partial charge in [0.05, 0.1) is 5.69 Å². The van der Waals surface area contributed by atoms with Gasteiger partial charge in [-0.2, -0.15) is 5.10 Å². The number of nitrogens with one attached hydrogen (secondary N) is 2. The Morgan fingerprint density at radius 3 is 2.80 bits per heavy atom. The highest BCUT2D eigenvalue weighted by Gasteiger charge is 2.24. The van der Waals surface area contributed by atoms with Crippen LogP contribution in [0.15, 0.2) is 11.1 Å². The topological polar surface area (TPSA) is 57.5 Å². The van der Waals surface area contributed by atoms with Gasteiger partial charge in [-0.3, -0.25) is 14.6 Å². The SMILES string of the molecule is CN=C(NCCCn1nc(C)cc1C)NC[C@H]1CCCN1CC(C)C. The first kappa shape index (κ1) is 19.8. The molecule has 1 aromatic rings. The first-order valence-electron chi connectivity index (χ1n) is 9.69. The quantitative estimate of drug-likeness (QED) is 0.429. The summed E-state index contributed by atoms with van der Waals surface area (Å²) >= 11 is 0. The third-order valence-corrected chi connectivity index (χ3v) is 4.77. The number of nitrogens with zero attached hydrogens (tertiary/aromatic N) is 4. The summed E-state index contributed by atoms with van der Waals surface area (Å²) in [5.74, 6) is 1.64. The van der Waals surface area contributed by atoms with Crippen LogP contribution in [-0.4, -0.2) is 59.9 Å². The molecule has 6 heteroatoms. The van der Waals surface area contributed by atoms with Crippen LogP contribution in [0.1, 0.15) is 44.5 Å². The standard InChI is InChI=1S/C19H36N6/c1-15(2)14-24-10-6-8-18(24)13-22-19(20-5)21-9-7-11-25-17(4)12-16(3)23-25/h12,15,18H,6-11,13-14H2,1-5H3,(H2,20,21,22)/t18-/m1/s1. The van der Waals surface area contributed by atoms with Crippen molar-refractivity contribution in [2.24, 2.45) is 10.9 Å². The van der Waals surface area contributed by atoms with Crippen LogP contribution in [-0.2, 0) is 6.54 Å². The fourth-order valence-electron chi connectivity index (χ4n) is 3.61. The number of hydrogen-bond acceptors (Lipinski definition) is 3. The number of aryl methyl sites for hydroxylation is 3. The zero-order chi connectivity index (χ0) is 18.2. The molecule has 1 fully saturated rings. The Morgan fingerprint density at radius 2 is 2.16 bits per heavy atom. The Morgan fingerprint density at radius 1 is 1.36 bits per heavy atom. The Labute approximate surface area is 153 Å². The third kappa shape index (κ3) is 6.34. The van der Waals surface area contributed by atoms with E-state index in [9.17, 15) is 0 Å². The normalized spacial score (nSPS) is 19.0. The van der Waals surface area contributed by atoms with E-state index in [1.807, 2.05) is 14.0 Å². The summed E-state index contributed by atoms with van der Waals surface area (Å²) in [5, 5.41) is 11.4. The lowest BCUT2D eigenvalue weighted by Gasteiger charge is -2.27. The second kappa shape index (κ2) is 9.80. The molecule has 0 spiro atoms. The van der Waals surface area contributed by atoms with Gasteiger partial charge in [0, 0.05) is 45.0 Å². The summed E-state index contributed by atoms with van der Waals surface area (Å²) in [6, 6.07) is 2.76. The molecule has 0 radical (unpaired) electrons. The monoisotopic (exact) mass is 348 g/mol. The van der Waals surface area contributed by atoms with Crippen LogP contribution in [0.2, 0.25) is 0 Å². The van der Waals surface area contributed by atoms with Crippen molar-refractivity contribution in [3.63, 3.8) is 0 Å². The summed E-state index contributed by atoms with van der Waals surface area (Å²) in [5.41, 5.74) is 2.32. The second-order valence-corrected chi connectivity index (χ2v) is 7.57. The minimum atomic E-state index is 0.635. The predicted molar refractivity (Wildman–Crippen MR) is 105 cm³/mol. The van der Waals surface area contributed by atoms with Gasteiger partial charge < -0.3 is 10.6 Å². The van der Waals surface area contributed by atoms with E-state index in [1.165, 1.54) is 31.6 Å². The largest absolute Gasteiger partial charge is 0.356 e. The summed E-state index contributed by atoms with van der Waals surface area (Å²) < 4.78 is 2.08. The zero-order valence-corrected chi connectivity index (χ0v) is 16.7. The molecule has 142 valence electrons. The highest BCUT2D eigenvalue weighted by atomic mass is 15.3. The Balaban J connectivity index is 1.67. The fraction of sp³-hybridized carbons (Fsp3) is 0.789. The van der Waals surface area contributed by atoms with Gasteiger partial charge in [0.25, 0.3) is 0 Å². The minimum Gasteiger partial charge on any atom is -0.356 e. The van der Waals surface area contributed by atoms with Gasteiger partial charge in [0.15, 0.2) is 5.96 Å². The maximum absolute atomic E-state index is 4.51. The van der Waals surface area contributed by atoms with Gasteiger partial charge in [-0.15, -0.1) is 0 Å².